The number of nitrogens with zero attached hydrogens (tertiary/aromatic N) is 2. The third-order valence-electron chi connectivity index (χ3n) is 4.00. The summed E-state index contributed by atoms with van der Waals surface area (Å²) >= 11 is 0. The molecule has 0 unspecified atom stereocenters. The van der Waals surface area contributed by atoms with Crippen LogP contribution < -0.4 is 11.5 Å². The smallest absolute Gasteiger partial charge is 0.250 e. The van der Waals surface area contributed by atoms with Crippen LogP contribution in [0, 0.1) is 0 Å². The number of aromatic nitrogens is 2. The van der Waals surface area contributed by atoms with Crippen LogP contribution >= 0.6 is 12.4 Å². The molecule has 0 saturated heterocycles. The maximum atomic E-state index is 11.0. The van der Waals surface area contributed by atoms with E-state index in [2.05, 4.69) is 10.1 Å². The number of carbonyl (C=O) groups is 1. The molecule has 0 bridgehead atoms. The summed E-state index contributed by atoms with van der Waals surface area (Å²) in [5.41, 5.74) is 12.4. The van der Waals surface area contributed by atoms with Gasteiger partial charge in [0, 0.05) is 11.6 Å². The SMILES string of the molecule is Cl.NC(=O)c1ccc(/C=C/c2nc(C3(N)CCCC3)no2)cc1. The van der Waals surface area contributed by atoms with Crippen molar-refractivity contribution in [3.63, 3.8) is 0 Å². The number of carbonyl (C=O) groups excluding carboxylic acids is 1. The fourth-order valence-electron chi connectivity index (χ4n) is 2.66. The van der Waals surface area contributed by atoms with Gasteiger partial charge in [0.15, 0.2) is 5.82 Å². The lowest BCUT2D eigenvalue weighted by atomic mass is 9.99. The minimum Gasteiger partial charge on any atom is -0.366 e. The molecule has 1 saturated carbocycles. The van der Waals surface area contributed by atoms with Gasteiger partial charge in [0.25, 0.3) is 5.89 Å². The molecule has 1 heterocycles. The molecule has 0 aliphatic heterocycles. The van der Waals surface area contributed by atoms with E-state index in [1.165, 1.54) is 0 Å². The van der Waals surface area contributed by atoms with E-state index in [4.69, 9.17) is 16.0 Å². The van der Waals surface area contributed by atoms with Gasteiger partial charge >= 0.3 is 0 Å². The lowest BCUT2D eigenvalue weighted by molar-refractivity contribution is 0.100. The second kappa shape index (κ2) is 6.93. The number of nitrogens with two attached hydrogens (primary N) is 2. The lowest BCUT2D eigenvalue weighted by Gasteiger charge is -2.17. The first-order valence-corrected chi connectivity index (χ1v) is 7.28. The summed E-state index contributed by atoms with van der Waals surface area (Å²) in [6, 6.07) is 6.95. The summed E-state index contributed by atoms with van der Waals surface area (Å²) < 4.78 is 5.22. The van der Waals surface area contributed by atoms with Crippen molar-refractivity contribution in [1.82, 2.24) is 10.1 Å². The number of amides is 1. The van der Waals surface area contributed by atoms with Crippen molar-refractivity contribution >= 4 is 30.5 Å². The molecule has 7 heteroatoms. The predicted octanol–water partition coefficient (Wildman–Crippen LogP) is 2.49. The molecule has 0 spiro atoms. The number of hydrogen-bond acceptors (Lipinski definition) is 5. The molecule has 2 aromatic rings. The van der Waals surface area contributed by atoms with Crippen LogP contribution in [0.2, 0.25) is 0 Å². The van der Waals surface area contributed by atoms with Gasteiger partial charge in [0.05, 0.1) is 5.54 Å². The molecule has 1 aromatic carbocycles. The van der Waals surface area contributed by atoms with Crippen LogP contribution in [-0.2, 0) is 5.54 Å². The van der Waals surface area contributed by atoms with Crippen LogP contribution in [0.5, 0.6) is 0 Å². The van der Waals surface area contributed by atoms with E-state index >= 15 is 0 Å². The minimum absolute atomic E-state index is 0. The summed E-state index contributed by atoms with van der Waals surface area (Å²) in [5.74, 6) is 0.557. The maximum absolute atomic E-state index is 11.0. The van der Waals surface area contributed by atoms with Crippen LogP contribution in [0.25, 0.3) is 12.2 Å². The normalized spacial score (nSPS) is 16.4. The van der Waals surface area contributed by atoms with E-state index in [1.54, 1.807) is 30.3 Å². The number of hydrogen-bond donors (Lipinski definition) is 2. The maximum Gasteiger partial charge on any atom is 0.250 e. The van der Waals surface area contributed by atoms with Gasteiger partial charge in [0.1, 0.15) is 0 Å². The highest BCUT2D eigenvalue weighted by molar-refractivity contribution is 5.93. The first kappa shape index (κ1) is 17.2. The van der Waals surface area contributed by atoms with Crippen molar-refractivity contribution in [1.29, 1.82) is 0 Å². The number of rotatable bonds is 4. The van der Waals surface area contributed by atoms with E-state index in [9.17, 15) is 4.79 Å². The van der Waals surface area contributed by atoms with E-state index in [1.807, 2.05) is 6.08 Å². The van der Waals surface area contributed by atoms with Gasteiger partial charge in [-0.25, -0.2) is 0 Å². The van der Waals surface area contributed by atoms with Crippen LogP contribution in [0.15, 0.2) is 28.8 Å². The van der Waals surface area contributed by atoms with Gasteiger partial charge in [-0.15, -0.1) is 12.4 Å². The van der Waals surface area contributed by atoms with Crippen molar-refractivity contribution in [3.8, 4) is 0 Å². The monoisotopic (exact) mass is 334 g/mol. The van der Waals surface area contributed by atoms with Crippen LogP contribution in [-0.4, -0.2) is 16.0 Å². The minimum atomic E-state index is -0.446. The van der Waals surface area contributed by atoms with Crippen molar-refractivity contribution in [2.45, 2.75) is 31.2 Å². The molecule has 0 atom stereocenters. The number of primary amides is 1. The molecular weight excluding hydrogens is 316 g/mol. The average Bonchev–Trinajstić information content (AvgIpc) is 3.15. The highest BCUT2D eigenvalue weighted by Gasteiger charge is 2.35. The van der Waals surface area contributed by atoms with E-state index in [0.717, 1.165) is 31.2 Å². The van der Waals surface area contributed by atoms with Crippen molar-refractivity contribution in [2.24, 2.45) is 11.5 Å². The van der Waals surface area contributed by atoms with Gasteiger partial charge in [-0.1, -0.05) is 30.1 Å². The molecule has 1 amide bonds. The molecular formula is C16H19ClN4O2. The van der Waals surface area contributed by atoms with Crippen molar-refractivity contribution < 1.29 is 9.32 Å². The van der Waals surface area contributed by atoms with E-state index < -0.39 is 11.4 Å². The quantitative estimate of drug-likeness (QED) is 0.892. The Morgan fingerprint density at radius 3 is 2.43 bits per heavy atom. The van der Waals surface area contributed by atoms with Gasteiger partial charge in [-0.3, -0.25) is 4.79 Å². The van der Waals surface area contributed by atoms with Gasteiger partial charge in [-0.2, -0.15) is 4.98 Å². The number of halogens is 1. The lowest BCUT2D eigenvalue weighted by Crippen LogP contribution is -2.34. The summed E-state index contributed by atoms with van der Waals surface area (Å²) in [4.78, 5) is 15.4. The molecule has 6 nitrogen and oxygen atoms in total. The zero-order valence-electron chi connectivity index (χ0n) is 12.6. The highest BCUT2D eigenvalue weighted by Crippen LogP contribution is 2.34. The Hall–Kier alpha value is -2.18. The fourth-order valence-corrected chi connectivity index (χ4v) is 2.66. The Morgan fingerprint density at radius 1 is 1.17 bits per heavy atom. The molecule has 1 aromatic heterocycles. The van der Waals surface area contributed by atoms with E-state index in [-0.39, 0.29) is 12.4 Å². The fraction of sp³-hybridized carbons (Fsp3) is 0.312. The Balaban J connectivity index is 0.00000192. The van der Waals surface area contributed by atoms with Crippen molar-refractivity contribution in [3.05, 3.63) is 47.1 Å². The molecule has 1 aliphatic carbocycles. The Labute approximate surface area is 140 Å². The molecule has 4 N–H and O–H groups in total. The summed E-state index contributed by atoms with van der Waals surface area (Å²) in [6.07, 6.45) is 7.55. The van der Waals surface area contributed by atoms with Crippen molar-refractivity contribution in [2.75, 3.05) is 0 Å². The van der Waals surface area contributed by atoms with E-state index in [0.29, 0.717) is 17.3 Å². The van der Waals surface area contributed by atoms with Gasteiger partial charge in [-0.05, 0) is 36.6 Å². The summed E-state index contributed by atoms with van der Waals surface area (Å²) in [6.45, 7) is 0. The molecule has 23 heavy (non-hydrogen) atoms. The van der Waals surface area contributed by atoms with Crippen LogP contribution in [0.4, 0.5) is 0 Å². The number of benzene rings is 1. The molecule has 122 valence electrons. The summed E-state index contributed by atoms with van der Waals surface area (Å²) in [7, 11) is 0. The molecule has 3 rings (SSSR count). The summed E-state index contributed by atoms with van der Waals surface area (Å²) in [5, 5.41) is 4.00. The first-order chi connectivity index (χ1) is 10.6. The van der Waals surface area contributed by atoms with Gasteiger partial charge < -0.3 is 16.0 Å². The topological polar surface area (TPSA) is 108 Å². The highest BCUT2D eigenvalue weighted by atomic mass is 35.5. The third kappa shape index (κ3) is 3.78. The Bertz CT molecular complexity index is 703. The Kier molecular flexibility index (Phi) is 5.18. The molecule has 1 aliphatic rings. The average molecular weight is 335 g/mol. The first-order valence-electron chi connectivity index (χ1n) is 7.28. The Morgan fingerprint density at radius 2 is 1.83 bits per heavy atom. The van der Waals surface area contributed by atoms with Gasteiger partial charge in [0.2, 0.25) is 5.91 Å². The molecule has 1 fully saturated rings. The zero-order valence-corrected chi connectivity index (χ0v) is 13.4. The molecule has 0 radical (unpaired) electrons. The zero-order chi connectivity index (χ0) is 15.6. The third-order valence-corrected chi connectivity index (χ3v) is 4.00. The second-order valence-electron chi connectivity index (χ2n) is 5.64. The predicted molar refractivity (Wildman–Crippen MR) is 89.8 cm³/mol. The van der Waals surface area contributed by atoms with Crippen LogP contribution in [0.1, 0.15) is 53.3 Å². The van der Waals surface area contributed by atoms with Crippen LogP contribution in [0.3, 0.4) is 0 Å². The second-order valence-corrected chi connectivity index (χ2v) is 5.64. The largest absolute Gasteiger partial charge is 0.366 e. The standard InChI is InChI=1S/C16H18N4O2.ClH/c17-14(21)12-6-3-11(4-7-12)5-8-13-19-15(20-22-13)16(18)9-1-2-10-16;/h3-8H,1-2,9-10,18H2,(H2,17,21);1H/b8-5+;.